The molecule has 2 heterocycles. The van der Waals surface area contributed by atoms with Crippen LogP contribution in [-0.2, 0) is 5.41 Å². The SMILES string of the molecule is CCC1(CC)c2ccccc2-c2n(-c3c(C)cc(C)cc3C)cc[n+]2C1C. The molecule has 4 rings (SSSR count). The Balaban J connectivity index is 2.04. The fraction of sp³-hybridized carbons (Fsp3) is 0.400. The minimum absolute atomic E-state index is 0.192. The number of hydrogen-bond acceptors (Lipinski definition) is 0. The molecule has 0 aliphatic carbocycles. The first-order valence-electron chi connectivity index (χ1n) is 10.2. The van der Waals surface area contributed by atoms with Crippen LogP contribution in [0.1, 0.15) is 61.9 Å². The van der Waals surface area contributed by atoms with E-state index in [0.717, 1.165) is 12.8 Å². The van der Waals surface area contributed by atoms with Crippen LogP contribution in [0.4, 0.5) is 0 Å². The second kappa shape index (κ2) is 6.37. The molecule has 0 fully saturated rings. The predicted molar refractivity (Wildman–Crippen MR) is 113 cm³/mol. The molecule has 0 saturated heterocycles. The molecule has 0 N–H and O–H groups in total. The first-order valence-corrected chi connectivity index (χ1v) is 10.2. The number of hydrogen-bond donors (Lipinski definition) is 0. The molecule has 140 valence electrons. The van der Waals surface area contributed by atoms with Gasteiger partial charge in [0.1, 0.15) is 24.1 Å². The molecule has 0 bridgehead atoms. The number of aromatic nitrogens is 2. The van der Waals surface area contributed by atoms with Gasteiger partial charge < -0.3 is 0 Å². The molecule has 2 heteroatoms. The van der Waals surface area contributed by atoms with Crippen molar-refractivity contribution in [2.75, 3.05) is 0 Å². The minimum Gasteiger partial charge on any atom is -0.226 e. The molecule has 3 aromatic rings. The molecule has 0 radical (unpaired) electrons. The van der Waals surface area contributed by atoms with Crippen LogP contribution in [0.15, 0.2) is 48.8 Å². The standard InChI is InChI=1S/C25H31N2/c1-7-25(8-2)20(6)26-13-14-27(23-18(4)15-17(3)16-19(23)5)24(26)21-11-9-10-12-22(21)25/h9-16,20H,7-8H2,1-6H3/q+1. The Morgan fingerprint density at radius 1 is 1.00 bits per heavy atom. The zero-order valence-electron chi connectivity index (χ0n) is 17.5. The predicted octanol–water partition coefficient (Wildman–Crippen LogP) is 5.99. The lowest BCUT2D eigenvalue weighted by Crippen LogP contribution is -2.53. The van der Waals surface area contributed by atoms with Gasteiger partial charge in [0.25, 0.3) is 5.82 Å². The van der Waals surface area contributed by atoms with Gasteiger partial charge in [-0.15, -0.1) is 0 Å². The zero-order chi connectivity index (χ0) is 19.3. The summed E-state index contributed by atoms with van der Waals surface area (Å²) in [6.07, 6.45) is 6.85. The van der Waals surface area contributed by atoms with Gasteiger partial charge in [0.15, 0.2) is 0 Å². The summed E-state index contributed by atoms with van der Waals surface area (Å²) >= 11 is 0. The van der Waals surface area contributed by atoms with E-state index in [0.29, 0.717) is 6.04 Å². The molecule has 0 spiro atoms. The Kier molecular flexibility index (Phi) is 4.25. The van der Waals surface area contributed by atoms with Gasteiger partial charge in [-0.25, -0.2) is 4.57 Å². The highest BCUT2D eigenvalue weighted by atomic mass is 15.2. The summed E-state index contributed by atoms with van der Waals surface area (Å²) in [4.78, 5) is 0. The summed E-state index contributed by atoms with van der Waals surface area (Å²) in [7, 11) is 0. The van der Waals surface area contributed by atoms with Gasteiger partial charge in [-0.05, 0) is 63.3 Å². The van der Waals surface area contributed by atoms with Crippen LogP contribution in [0.3, 0.4) is 0 Å². The van der Waals surface area contributed by atoms with Crippen molar-refractivity contribution in [2.24, 2.45) is 0 Å². The number of imidazole rings is 1. The zero-order valence-corrected chi connectivity index (χ0v) is 17.5. The minimum atomic E-state index is 0.192. The van der Waals surface area contributed by atoms with Gasteiger partial charge in [-0.2, -0.15) is 4.57 Å². The van der Waals surface area contributed by atoms with Crippen molar-refractivity contribution in [1.82, 2.24) is 4.57 Å². The summed E-state index contributed by atoms with van der Waals surface area (Å²) in [5.41, 5.74) is 8.38. The monoisotopic (exact) mass is 359 g/mol. The number of nitrogens with zero attached hydrogens (tertiary/aromatic N) is 2. The van der Waals surface area contributed by atoms with Gasteiger partial charge >= 0.3 is 0 Å². The van der Waals surface area contributed by atoms with E-state index >= 15 is 0 Å². The van der Waals surface area contributed by atoms with Crippen LogP contribution >= 0.6 is 0 Å². The summed E-state index contributed by atoms with van der Waals surface area (Å²) in [6.45, 7) is 13.7. The third kappa shape index (κ3) is 2.42. The number of fused-ring (bicyclic) bond motifs is 3. The van der Waals surface area contributed by atoms with E-state index in [1.807, 2.05) is 0 Å². The molecule has 1 aliphatic heterocycles. The van der Waals surface area contributed by atoms with E-state index in [4.69, 9.17) is 0 Å². The Hall–Kier alpha value is -2.35. The largest absolute Gasteiger partial charge is 0.294 e. The molecule has 0 saturated carbocycles. The van der Waals surface area contributed by atoms with Gasteiger partial charge in [-0.3, -0.25) is 0 Å². The van der Waals surface area contributed by atoms with Crippen molar-refractivity contribution in [2.45, 2.75) is 65.8 Å². The molecule has 2 aromatic carbocycles. The molecule has 1 aromatic heterocycles. The quantitative estimate of drug-likeness (QED) is 0.508. The number of benzene rings is 2. The van der Waals surface area contributed by atoms with Crippen LogP contribution in [0.5, 0.6) is 0 Å². The van der Waals surface area contributed by atoms with Crippen LogP contribution in [0.25, 0.3) is 17.1 Å². The van der Waals surface area contributed by atoms with Gasteiger partial charge in [0.2, 0.25) is 0 Å². The molecular weight excluding hydrogens is 328 g/mol. The van der Waals surface area contributed by atoms with Gasteiger partial charge in [0.05, 0.1) is 5.56 Å². The Morgan fingerprint density at radius 3 is 2.26 bits per heavy atom. The summed E-state index contributed by atoms with van der Waals surface area (Å²) in [5.74, 6) is 1.31. The van der Waals surface area contributed by atoms with Crippen LogP contribution in [-0.4, -0.2) is 4.57 Å². The summed E-state index contributed by atoms with van der Waals surface area (Å²) < 4.78 is 4.92. The Morgan fingerprint density at radius 2 is 1.63 bits per heavy atom. The lowest BCUT2D eigenvalue weighted by atomic mass is 9.67. The fourth-order valence-corrected chi connectivity index (χ4v) is 5.54. The molecule has 0 amide bonds. The molecule has 2 nitrogen and oxygen atoms in total. The van der Waals surface area contributed by atoms with Gasteiger partial charge in [0, 0.05) is 5.41 Å². The first kappa shape index (κ1) is 18.0. The normalized spacial score (nSPS) is 17.5. The second-order valence-electron chi connectivity index (χ2n) is 8.23. The Bertz CT molecular complexity index is 982. The van der Waals surface area contributed by atoms with Gasteiger partial charge in [-0.1, -0.05) is 49.7 Å². The first-order chi connectivity index (χ1) is 12.9. The maximum Gasteiger partial charge on any atom is 0.294 e. The van der Waals surface area contributed by atoms with Crippen molar-refractivity contribution >= 4 is 0 Å². The van der Waals surface area contributed by atoms with E-state index in [1.165, 1.54) is 39.3 Å². The second-order valence-corrected chi connectivity index (χ2v) is 8.23. The lowest BCUT2D eigenvalue weighted by Gasteiger charge is -2.40. The fourth-order valence-electron chi connectivity index (χ4n) is 5.54. The summed E-state index contributed by atoms with van der Waals surface area (Å²) in [5, 5.41) is 0. The number of rotatable bonds is 3. The van der Waals surface area contributed by atoms with E-state index in [1.54, 1.807) is 0 Å². The lowest BCUT2D eigenvalue weighted by molar-refractivity contribution is -0.720. The maximum atomic E-state index is 2.51. The van der Waals surface area contributed by atoms with E-state index < -0.39 is 0 Å². The van der Waals surface area contributed by atoms with Crippen molar-refractivity contribution in [3.05, 3.63) is 71.0 Å². The van der Waals surface area contributed by atoms with Crippen molar-refractivity contribution in [3.63, 3.8) is 0 Å². The smallest absolute Gasteiger partial charge is 0.226 e. The Labute approximate surface area is 163 Å². The van der Waals surface area contributed by atoms with Crippen LogP contribution < -0.4 is 4.57 Å². The highest BCUT2D eigenvalue weighted by molar-refractivity contribution is 5.66. The average molecular weight is 360 g/mol. The third-order valence-electron chi connectivity index (χ3n) is 6.91. The van der Waals surface area contributed by atoms with Crippen molar-refractivity contribution in [1.29, 1.82) is 0 Å². The topological polar surface area (TPSA) is 8.81 Å². The molecule has 1 atom stereocenters. The van der Waals surface area contributed by atoms with Crippen molar-refractivity contribution in [3.8, 4) is 17.1 Å². The molecular formula is C25H31N2+. The highest BCUT2D eigenvalue weighted by Crippen LogP contribution is 2.47. The van der Waals surface area contributed by atoms with Crippen LogP contribution in [0.2, 0.25) is 0 Å². The highest BCUT2D eigenvalue weighted by Gasteiger charge is 2.47. The molecule has 1 unspecified atom stereocenters. The molecule has 1 aliphatic rings. The summed E-state index contributed by atoms with van der Waals surface area (Å²) in [6, 6.07) is 14.1. The average Bonchev–Trinajstić information content (AvgIpc) is 3.07. The number of aryl methyl sites for hydroxylation is 3. The third-order valence-corrected chi connectivity index (χ3v) is 6.91. The van der Waals surface area contributed by atoms with E-state index in [9.17, 15) is 0 Å². The molecule has 27 heavy (non-hydrogen) atoms. The van der Waals surface area contributed by atoms with E-state index in [2.05, 4.69) is 99.5 Å². The van der Waals surface area contributed by atoms with E-state index in [-0.39, 0.29) is 5.41 Å². The van der Waals surface area contributed by atoms with Crippen LogP contribution in [0, 0.1) is 20.8 Å². The van der Waals surface area contributed by atoms with Crippen molar-refractivity contribution < 1.29 is 4.57 Å². The maximum absolute atomic E-state index is 2.51.